The Morgan fingerprint density at radius 2 is 1.67 bits per heavy atom. The molecule has 1 radical (unpaired) electrons. The molecule has 47 valence electrons. The molecule has 2 heteroatoms. The lowest BCUT2D eigenvalue weighted by Gasteiger charge is -1.68. The minimum atomic E-state index is 0.250. The third kappa shape index (κ3) is 6.69. The lowest BCUT2D eigenvalue weighted by molar-refractivity contribution is -0.106. The van der Waals surface area contributed by atoms with Crippen LogP contribution in [0.1, 0.15) is 0 Å². The van der Waals surface area contributed by atoms with Gasteiger partial charge in [-0.1, -0.05) is 30.3 Å². The van der Waals surface area contributed by atoms with E-state index in [-0.39, 0.29) is 6.41 Å². The maximum atomic E-state index is 8.58. The van der Waals surface area contributed by atoms with Crippen LogP contribution in [0.2, 0.25) is 0 Å². The van der Waals surface area contributed by atoms with Crippen LogP contribution in [0.3, 0.4) is 0 Å². The van der Waals surface area contributed by atoms with Gasteiger partial charge in [-0.05, 0) is 6.07 Å². The normalized spacial score (nSPS) is 6.67. The van der Waals surface area contributed by atoms with Crippen molar-refractivity contribution in [2.75, 3.05) is 0 Å². The Bertz CT molecular complexity index is 112. The van der Waals surface area contributed by atoms with E-state index in [1.807, 2.05) is 30.3 Å². The molecule has 1 amide bonds. The summed E-state index contributed by atoms with van der Waals surface area (Å²) >= 11 is 0. The SMILES string of the molecule is NC=O.[c]1ccccc1. The first-order valence-corrected chi connectivity index (χ1v) is 2.48. The van der Waals surface area contributed by atoms with Crippen LogP contribution in [-0.2, 0) is 4.79 Å². The Labute approximate surface area is 54.3 Å². The van der Waals surface area contributed by atoms with E-state index in [0.29, 0.717) is 0 Å². The third-order valence-corrected chi connectivity index (χ3v) is 0.607. The van der Waals surface area contributed by atoms with E-state index in [1.54, 1.807) is 0 Å². The van der Waals surface area contributed by atoms with Crippen LogP contribution in [-0.4, -0.2) is 6.41 Å². The van der Waals surface area contributed by atoms with E-state index in [2.05, 4.69) is 11.8 Å². The molecule has 0 atom stereocenters. The first kappa shape index (κ1) is 7.69. The van der Waals surface area contributed by atoms with Gasteiger partial charge in [0.25, 0.3) is 0 Å². The molecule has 2 nitrogen and oxygen atoms in total. The minimum Gasteiger partial charge on any atom is -0.372 e. The van der Waals surface area contributed by atoms with Gasteiger partial charge < -0.3 is 5.73 Å². The fourth-order valence-corrected chi connectivity index (χ4v) is 0.342. The molecule has 1 rings (SSSR count). The second-order valence-electron chi connectivity index (χ2n) is 1.21. The van der Waals surface area contributed by atoms with Crippen molar-refractivity contribution in [3.05, 3.63) is 36.4 Å². The number of benzene rings is 1. The van der Waals surface area contributed by atoms with E-state index < -0.39 is 0 Å². The van der Waals surface area contributed by atoms with Crippen LogP contribution >= 0.6 is 0 Å². The predicted molar refractivity (Wildman–Crippen MR) is 35.5 cm³/mol. The number of amides is 1. The Morgan fingerprint density at radius 1 is 1.22 bits per heavy atom. The summed E-state index contributed by atoms with van der Waals surface area (Å²) in [6.07, 6.45) is 0.250. The molecule has 0 bridgehead atoms. The molecule has 0 fully saturated rings. The first-order valence-electron chi connectivity index (χ1n) is 2.48. The highest BCUT2D eigenvalue weighted by molar-refractivity contribution is 5.42. The summed E-state index contributed by atoms with van der Waals surface area (Å²) in [7, 11) is 0. The molecule has 9 heavy (non-hydrogen) atoms. The standard InChI is InChI=1S/C6H5.CH3NO/c1-2-4-6-5-3-1;2-1-3/h1-5H;1H,(H2,2,3). The fraction of sp³-hybridized carbons (Fsp3) is 0. The van der Waals surface area contributed by atoms with Crippen molar-refractivity contribution in [1.82, 2.24) is 0 Å². The number of nitrogens with two attached hydrogens (primary N) is 1. The van der Waals surface area contributed by atoms with Crippen LogP contribution in [0, 0.1) is 6.07 Å². The topological polar surface area (TPSA) is 43.1 Å². The van der Waals surface area contributed by atoms with Gasteiger partial charge in [0.05, 0.1) is 0 Å². The molecule has 0 heterocycles. The lowest BCUT2D eigenvalue weighted by atomic mass is 10.4. The van der Waals surface area contributed by atoms with Crippen molar-refractivity contribution in [3.8, 4) is 0 Å². The summed E-state index contributed by atoms with van der Waals surface area (Å²) in [6, 6.07) is 12.5. The van der Waals surface area contributed by atoms with Gasteiger partial charge in [-0.15, -0.1) is 0 Å². The van der Waals surface area contributed by atoms with E-state index in [4.69, 9.17) is 4.79 Å². The third-order valence-electron chi connectivity index (χ3n) is 0.607. The van der Waals surface area contributed by atoms with Gasteiger partial charge in [-0.3, -0.25) is 4.79 Å². The number of carbonyl (C=O) groups excluding carboxylic acids is 1. The lowest BCUT2D eigenvalue weighted by Crippen LogP contribution is -1.82. The van der Waals surface area contributed by atoms with Crippen LogP contribution < -0.4 is 5.73 Å². The highest BCUT2D eigenvalue weighted by Crippen LogP contribution is 1.78. The quantitative estimate of drug-likeness (QED) is 0.503. The van der Waals surface area contributed by atoms with Crippen molar-refractivity contribution in [1.29, 1.82) is 0 Å². The highest BCUT2D eigenvalue weighted by atomic mass is 16.1. The molecule has 1 aromatic rings. The monoisotopic (exact) mass is 122 g/mol. The maximum Gasteiger partial charge on any atom is 0.204 e. The van der Waals surface area contributed by atoms with Crippen LogP contribution in [0.15, 0.2) is 30.3 Å². The minimum absolute atomic E-state index is 0.250. The van der Waals surface area contributed by atoms with Crippen molar-refractivity contribution in [2.24, 2.45) is 5.73 Å². The van der Waals surface area contributed by atoms with E-state index in [1.165, 1.54) is 0 Å². The van der Waals surface area contributed by atoms with E-state index >= 15 is 0 Å². The Hall–Kier alpha value is -1.31. The number of hydrogen-bond acceptors (Lipinski definition) is 1. The zero-order chi connectivity index (χ0) is 6.95. The second kappa shape index (κ2) is 6.69. The number of hydrogen-bond donors (Lipinski definition) is 1. The number of rotatable bonds is 0. The summed E-state index contributed by atoms with van der Waals surface area (Å²) in [5.74, 6) is 0. The largest absolute Gasteiger partial charge is 0.372 e. The van der Waals surface area contributed by atoms with Gasteiger partial charge in [-0.2, -0.15) is 0 Å². The zero-order valence-electron chi connectivity index (χ0n) is 4.95. The van der Waals surface area contributed by atoms with Gasteiger partial charge in [0.1, 0.15) is 0 Å². The summed E-state index contributed by atoms with van der Waals surface area (Å²) in [6.45, 7) is 0. The number of primary amides is 1. The molecular weight excluding hydrogens is 114 g/mol. The Kier molecular flexibility index (Phi) is 5.72. The molecule has 2 N–H and O–H groups in total. The molecule has 1 aromatic carbocycles. The van der Waals surface area contributed by atoms with Gasteiger partial charge in [0, 0.05) is 0 Å². The van der Waals surface area contributed by atoms with Gasteiger partial charge in [0.2, 0.25) is 6.41 Å². The molecule has 0 aromatic heterocycles. The maximum absolute atomic E-state index is 8.58. The predicted octanol–water partition coefficient (Wildman–Crippen LogP) is 0.588. The van der Waals surface area contributed by atoms with Crippen LogP contribution in [0.25, 0.3) is 0 Å². The molecule has 0 aliphatic heterocycles. The molecule has 0 spiro atoms. The first-order chi connectivity index (χ1) is 4.41. The molecule has 0 aliphatic carbocycles. The van der Waals surface area contributed by atoms with Crippen molar-refractivity contribution < 1.29 is 4.79 Å². The van der Waals surface area contributed by atoms with Gasteiger partial charge in [0.15, 0.2) is 0 Å². The Morgan fingerprint density at radius 3 is 1.78 bits per heavy atom. The second-order valence-corrected chi connectivity index (χ2v) is 1.21. The highest BCUT2D eigenvalue weighted by Gasteiger charge is 1.58. The molecule has 0 aliphatic rings. The average Bonchev–Trinajstić information content (AvgIpc) is 1.93. The fourth-order valence-electron chi connectivity index (χ4n) is 0.342. The van der Waals surface area contributed by atoms with Crippen molar-refractivity contribution in [3.63, 3.8) is 0 Å². The summed E-state index contributed by atoms with van der Waals surface area (Å²) in [4.78, 5) is 8.58. The molecular formula is C7H8NO. The molecule has 0 saturated carbocycles. The smallest absolute Gasteiger partial charge is 0.204 e. The van der Waals surface area contributed by atoms with Gasteiger partial charge >= 0.3 is 0 Å². The van der Waals surface area contributed by atoms with E-state index in [0.717, 1.165) is 0 Å². The van der Waals surface area contributed by atoms with E-state index in [9.17, 15) is 0 Å². The molecule has 0 saturated heterocycles. The van der Waals surface area contributed by atoms with Crippen LogP contribution in [0.4, 0.5) is 0 Å². The summed E-state index contributed by atoms with van der Waals surface area (Å²) in [5.41, 5.74) is 4.17. The van der Waals surface area contributed by atoms with Crippen molar-refractivity contribution in [2.45, 2.75) is 0 Å². The van der Waals surface area contributed by atoms with Gasteiger partial charge in [-0.25, -0.2) is 0 Å². The van der Waals surface area contributed by atoms with Crippen molar-refractivity contribution >= 4 is 6.41 Å². The zero-order valence-corrected chi connectivity index (χ0v) is 4.95. The summed E-state index contributed by atoms with van der Waals surface area (Å²) < 4.78 is 0. The Balaban J connectivity index is 0.000000187. The molecule has 0 unspecified atom stereocenters. The average molecular weight is 122 g/mol. The summed E-state index contributed by atoms with van der Waals surface area (Å²) in [5, 5.41) is 0. The van der Waals surface area contributed by atoms with Crippen LogP contribution in [0.5, 0.6) is 0 Å². The number of carbonyl (C=O) groups is 1.